The molecule has 0 amide bonds. The predicted molar refractivity (Wildman–Crippen MR) is 57.7 cm³/mol. The zero-order valence-corrected chi connectivity index (χ0v) is 9.18. The van der Waals surface area contributed by atoms with Crippen molar-refractivity contribution in [3.8, 4) is 0 Å². The van der Waals surface area contributed by atoms with Crippen LogP contribution in [0.15, 0.2) is 12.2 Å². The van der Waals surface area contributed by atoms with Crippen molar-refractivity contribution >= 4 is 5.78 Å². The third kappa shape index (κ3) is 9.32. The van der Waals surface area contributed by atoms with Gasteiger partial charge in [-0.15, -0.1) is 0 Å². The molecule has 1 nitrogen and oxygen atoms in total. The SMILES string of the molecule is CCCCCCC(C)/C=C/C(C)=O. The van der Waals surface area contributed by atoms with E-state index in [1.807, 2.05) is 6.08 Å². The summed E-state index contributed by atoms with van der Waals surface area (Å²) in [6, 6.07) is 0. The van der Waals surface area contributed by atoms with Gasteiger partial charge in [-0.05, 0) is 25.3 Å². The Bertz CT molecular complexity index is 159. The molecule has 13 heavy (non-hydrogen) atoms. The molecule has 0 rings (SSSR count). The second kappa shape index (κ2) is 8.03. The molecule has 0 aromatic heterocycles. The van der Waals surface area contributed by atoms with Gasteiger partial charge in [0.05, 0.1) is 0 Å². The van der Waals surface area contributed by atoms with Crippen LogP contribution in [0.25, 0.3) is 0 Å². The summed E-state index contributed by atoms with van der Waals surface area (Å²) in [5, 5.41) is 0. The van der Waals surface area contributed by atoms with Crippen molar-refractivity contribution < 1.29 is 4.79 Å². The Morgan fingerprint density at radius 2 is 2.00 bits per heavy atom. The molecule has 0 aromatic rings. The molecule has 0 saturated carbocycles. The first-order valence-electron chi connectivity index (χ1n) is 5.35. The molecular formula is C12H22O. The first-order valence-corrected chi connectivity index (χ1v) is 5.35. The maximum absolute atomic E-state index is 10.6. The summed E-state index contributed by atoms with van der Waals surface area (Å²) in [7, 11) is 0. The van der Waals surface area contributed by atoms with E-state index in [0.717, 1.165) is 0 Å². The van der Waals surface area contributed by atoms with Crippen molar-refractivity contribution in [1.29, 1.82) is 0 Å². The van der Waals surface area contributed by atoms with Crippen molar-refractivity contribution in [3.63, 3.8) is 0 Å². The first kappa shape index (κ1) is 12.4. The second-order valence-electron chi connectivity index (χ2n) is 3.80. The quantitative estimate of drug-likeness (QED) is 0.433. The van der Waals surface area contributed by atoms with Crippen LogP contribution in [-0.4, -0.2) is 5.78 Å². The second-order valence-corrected chi connectivity index (χ2v) is 3.80. The van der Waals surface area contributed by atoms with Gasteiger partial charge in [-0.2, -0.15) is 0 Å². The number of carbonyl (C=O) groups excluding carboxylic acids is 1. The largest absolute Gasteiger partial charge is 0.295 e. The lowest BCUT2D eigenvalue weighted by Crippen LogP contribution is -1.91. The summed E-state index contributed by atoms with van der Waals surface area (Å²) >= 11 is 0. The molecule has 0 aliphatic carbocycles. The molecule has 0 aliphatic rings. The maximum atomic E-state index is 10.6. The number of rotatable bonds is 7. The molecule has 0 spiro atoms. The highest BCUT2D eigenvalue weighted by atomic mass is 16.1. The molecule has 1 heteroatoms. The molecule has 1 atom stereocenters. The Balaban J connectivity index is 3.40. The van der Waals surface area contributed by atoms with Crippen molar-refractivity contribution in [2.45, 2.75) is 52.9 Å². The molecule has 0 bridgehead atoms. The monoisotopic (exact) mass is 182 g/mol. The molecule has 0 saturated heterocycles. The summed E-state index contributed by atoms with van der Waals surface area (Å²) in [5.41, 5.74) is 0. The lowest BCUT2D eigenvalue weighted by atomic mass is 10.0. The zero-order chi connectivity index (χ0) is 10.1. The first-order chi connectivity index (χ1) is 6.16. The maximum Gasteiger partial charge on any atom is 0.152 e. The minimum atomic E-state index is 0.153. The molecule has 1 unspecified atom stereocenters. The predicted octanol–water partition coefficient (Wildman–Crippen LogP) is 3.74. The number of hydrogen-bond acceptors (Lipinski definition) is 1. The van der Waals surface area contributed by atoms with Gasteiger partial charge in [0.2, 0.25) is 0 Å². The molecule has 0 heterocycles. The Kier molecular flexibility index (Phi) is 7.66. The Labute approximate surface area is 82.2 Å². The zero-order valence-electron chi connectivity index (χ0n) is 9.18. The van der Waals surface area contributed by atoms with E-state index in [0.29, 0.717) is 5.92 Å². The Hall–Kier alpha value is -0.590. The van der Waals surface area contributed by atoms with Gasteiger partial charge in [0, 0.05) is 0 Å². The van der Waals surface area contributed by atoms with E-state index in [4.69, 9.17) is 0 Å². The number of carbonyl (C=O) groups is 1. The number of unbranched alkanes of at least 4 members (excludes halogenated alkanes) is 3. The van der Waals surface area contributed by atoms with Crippen LogP contribution in [0.1, 0.15) is 52.9 Å². The van der Waals surface area contributed by atoms with Crippen LogP contribution in [0.2, 0.25) is 0 Å². The van der Waals surface area contributed by atoms with Gasteiger partial charge in [0.15, 0.2) is 5.78 Å². The summed E-state index contributed by atoms with van der Waals surface area (Å²) in [5.74, 6) is 0.709. The summed E-state index contributed by atoms with van der Waals surface area (Å²) in [6.07, 6.45) is 10.2. The van der Waals surface area contributed by atoms with E-state index < -0.39 is 0 Å². The fraction of sp³-hybridized carbons (Fsp3) is 0.750. The van der Waals surface area contributed by atoms with Gasteiger partial charge in [0.25, 0.3) is 0 Å². The summed E-state index contributed by atoms with van der Waals surface area (Å²) < 4.78 is 0. The van der Waals surface area contributed by atoms with E-state index in [-0.39, 0.29) is 5.78 Å². The minimum Gasteiger partial charge on any atom is -0.295 e. The molecule has 0 fully saturated rings. The molecule has 0 aromatic carbocycles. The molecule has 76 valence electrons. The average molecular weight is 182 g/mol. The van der Waals surface area contributed by atoms with Crippen LogP contribution in [0.5, 0.6) is 0 Å². The van der Waals surface area contributed by atoms with Crippen molar-refractivity contribution in [3.05, 3.63) is 12.2 Å². The fourth-order valence-electron chi connectivity index (χ4n) is 1.29. The van der Waals surface area contributed by atoms with Crippen molar-refractivity contribution in [1.82, 2.24) is 0 Å². The van der Waals surface area contributed by atoms with E-state index in [2.05, 4.69) is 13.8 Å². The summed E-state index contributed by atoms with van der Waals surface area (Å²) in [6.45, 7) is 5.99. The minimum absolute atomic E-state index is 0.153. The van der Waals surface area contributed by atoms with Crippen LogP contribution in [0, 0.1) is 5.92 Å². The van der Waals surface area contributed by atoms with E-state index in [1.165, 1.54) is 32.1 Å². The lowest BCUT2D eigenvalue weighted by molar-refractivity contribution is -0.112. The van der Waals surface area contributed by atoms with Crippen LogP contribution in [0.3, 0.4) is 0 Å². The van der Waals surface area contributed by atoms with Gasteiger partial charge in [0.1, 0.15) is 0 Å². The molecule has 0 N–H and O–H groups in total. The van der Waals surface area contributed by atoms with Gasteiger partial charge < -0.3 is 0 Å². The summed E-state index contributed by atoms with van der Waals surface area (Å²) in [4.78, 5) is 10.6. The van der Waals surface area contributed by atoms with Crippen molar-refractivity contribution in [2.75, 3.05) is 0 Å². The van der Waals surface area contributed by atoms with Crippen LogP contribution in [-0.2, 0) is 4.79 Å². The fourth-order valence-corrected chi connectivity index (χ4v) is 1.29. The highest BCUT2D eigenvalue weighted by molar-refractivity contribution is 5.87. The average Bonchev–Trinajstić information content (AvgIpc) is 2.09. The van der Waals surface area contributed by atoms with Crippen LogP contribution < -0.4 is 0 Å². The topological polar surface area (TPSA) is 17.1 Å². The van der Waals surface area contributed by atoms with Gasteiger partial charge in [-0.3, -0.25) is 4.79 Å². The smallest absolute Gasteiger partial charge is 0.152 e. The van der Waals surface area contributed by atoms with E-state index >= 15 is 0 Å². The van der Waals surface area contributed by atoms with Crippen molar-refractivity contribution in [2.24, 2.45) is 5.92 Å². The third-order valence-corrected chi connectivity index (χ3v) is 2.17. The van der Waals surface area contributed by atoms with Crippen LogP contribution >= 0.6 is 0 Å². The molecule has 0 radical (unpaired) electrons. The number of ketones is 1. The van der Waals surface area contributed by atoms with Crippen LogP contribution in [0.4, 0.5) is 0 Å². The highest BCUT2D eigenvalue weighted by Gasteiger charge is 1.96. The Morgan fingerprint density at radius 1 is 1.31 bits per heavy atom. The van der Waals surface area contributed by atoms with E-state index in [9.17, 15) is 4.79 Å². The van der Waals surface area contributed by atoms with Gasteiger partial charge in [-0.1, -0.05) is 45.6 Å². The number of allylic oxidation sites excluding steroid dienone is 2. The number of hydrogen-bond donors (Lipinski definition) is 0. The van der Waals surface area contributed by atoms with Gasteiger partial charge >= 0.3 is 0 Å². The highest BCUT2D eigenvalue weighted by Crippen LogP contribution is 2.11. The normalized spacial score (nSPS) is 13.5. The molecular weight excluding hydrogens is 160 g/mol. The Morgan fingerprint density at radius 3 is 2.54 bits per heavy atom. The molecule has 0 aliphatic heterocycles. The third-order valence-electron chi connectivity index (χ3n) is 2.17. The van der Waals surface area contributed by atoms with Gasteiger partial charge in [-0.25, -0.2) is 0 Å². The standard InChI is InChI=1S/C12H22O/c1-4-5-6-7-8-11(2)9-10-12(3)13/h9-11H,4-8H2,1-3H3/b10-9+. The van der Waals surface area contributed by atoms with E-state index in [1.54, 1.807) is 13.0 Å². The lowest BCUT2D eigenvalue weighted by Gasteiger charge is -2.04.